The Balaban J connectivity index is 1.37. The van der Waals surface area contributed by atoms with Crippen LogP contribution in [0.5, 0.6) is 0 Å². The van der Waals surface area contributed by atoms with E-state index in [1.807, 2.05) is 25.1 Å². The molecular weight excluding hydrogens is 464 g/mol. The lowest BCUT2D eigenvalue weighted by atomic mass is 10.0. The summed E-state index contributed by atoms with van der Waals surface area (Å²) in [5, 5.41) is 14.7. The molecular formula is C23H19ClN4O4S. The van der Waals surface area contributed by atoms with Gasteiger partial charge in [0.25, 0.3) is 17.0 Å². The monoisotopic (exact) mass is 482 g/mol. The number of halogens is 1. The Bertz CT molecular complexity index is 1300. The summed E-state index contributed by atoms with van der Waals surface area (Å²) in [4.78, 5) is 13.4. The van der Waals surface area contributed by atoms with E-state index in [2.05, 4.69) is 15.3 Å². The number of aryl methyl sites for hydroxylation is 1. The van der Waals surface area contributed by atoms with Gasteiger partial charge in [0.05, 0.1) is 29.1 Å². The van der Waals surface area contributed by atoms with E-state index < -0.39 is 5.25 Å². The van der Waals surface area contributed by atoms with Gasteiger partial charge >= 0.3 is 0 Å². The van der Waals surface area contributed by atoms with Crippen molar-refractivity contribution in [3.05, 3.63) is 77.1 Å². The summed E-state index contributed by atoms with van der Waals surface area (Å²) < 4.78 is 16.6. The number of nitrogens with zero attached hydrogens (tertiary/aromatic N) is 4. The summed E-state index contributed by atoms with van der Waals surface area (Å²) in [5.41, 5.74) is 2.42. The number of carbonyl (C=O) groups excluding carboxylic acids is 1. The lowest BCUT2D eigenvalue weighted by molar-refractivity contribution is -0.132. The van der Waals surface area contributed by atoms with Gasteiger partial charge in [0.2, 0.25) is 0 Å². The minimum absolute atomic E-state index is 0.190. The predicted octanol–water partition coefficient (Wildman–Crippen LogP) is 5.74. The van der Waals surface area contributed by atoms with Crippen LogP contribution in [0.25, 0.3) is 11.5 Å². The molecule has 8 nitrogen and oxygen atoms in total. The third-order valence-electron chi connectivity index (χ3n) is 5.31. The van der Waals surface area contributed by atoms with Gasteiger partial charge in [-0.05, 0) is 49.7 Å². The summed E-state index contributed by atoms with van der Waals surface area (Å²) in [5.74, 6) is 1.51. The van der Waals surface area contributed by atoms with Crippen molar-refractivity contribution >= 4 is 35.0 Å². The first-order valence-corrected chi connectivity index (χ1v) is 11.5. The van der Waals surface area contributed by atoms with Gasteiger partial charge < -0.3 is 13.3 Å². The standard InChI is InChI=1S/C23H19ClN4O4S/c1-13-17(9-11-30-13)21-25-26-23(32-21)33-14(2)22(29)28-19(20-4-3-10-31-20)12-18(27-28)15-5-7-16(24)8-6-15/h3-11,14,19H,12H2,1-2H3. The van der Waals surface area contributed by atoms with E-state index in [0.29, 0.717) is 34.1 Å². The number of thioether (sulfide) groups is 1. The largest absolute Gasteiger partial charge is 0.469 e. The van der Waals surface area contributed by atoms with Crippen molar-refractivity contribution in [2.24, 2.45) is 5.10 Å². The van der Waals surface area contributed by atoms with Crippen LogP contribution < -0.4 is 0 Å². The van der Waals surface area contributed by atoms with E-state index in [9.17, 15) is 4.79 Å². The Hall–Kier alpha value is -3.30. The second kappa shape index (κ2) is 8.92. The summed E-state index contributed by atoms with van der Waals surface area (Å²) in [6.07, 6.45) is 3.68. The molecule has 0 aliphatic carbocycles. The number of amides is 1. The van der Waals surface area contributed by atoms with Gasteiger partial charge in [0.15, 0.2) is 0 Å². The highest BCUT2D eigenvalue weighted by Crippen LogP contribution is 2.36. The Morgan fingerprint density at radius 1 is 1.15 bits per heavy atom. The molecule has 0 saturated heterocycles. The molecule has 1 aromatic carbocycles. The molecule has 0 bridgehead atoms. The van der Waals surface area contributed by atoms with Gasteiger partial charge in [-0.3, -0.25) is 4.79 Å². The number of benzene rings is 1. The van der Waals surface area contributed by atoms with Crippen molar-refractivity contribution in [2.75, 3.05) is 0 Å². The summed E-state index contributed by atoms with van der Waals surface area (Å²) in [6, 6.07) is 12.5. The molecule has 4 heterocycles. The maximum Gasteiger partial charge on any atom is 0.277 e. The van der Waals surface area contributed by atoms with Crippen LogP contribution in [-0.4, -0.2) is 32.1 Å². The molecule has 0 N–H and O–H groups in total. The molecule has 5 rings (SSSR count). The molecule has 2 atom stereocenters. The molecule has 0 fully saturated rings. The first kappa shape index (κ1) is 21.5. The summed E-state index contributed by atoms with van der Waals surface area (Å²) in [6.45, 7) is 3.60. The number of furan rings is 2. The number of aromatic nitrogens is 2. The highest BCUT2D eigenvalue weighted by Gasteiger charge is 2.37. The fourth-order valence-corrected chi connectivity index (χ4v) is 4.45. The van der Waals surface area contributed by atoms with Gasteiger partial charge in [-0.1, -0.05) is 35.5 Å². The van der Waals surface area contributed by atoms with Crippen LogP contribution in [0.4, 0.5) is 0 Å². The van der Waals surface area contributed by atoms with Crippen molar-refractivity contribution in [1.82, 2.24) is 15.2 Å². The molecule has 4 aromatic rings. The van der Waals surface area contributed by atoms with Crippen molar-refractivity contribution in [1.29, 1.82) is 0 Å². The third kappa shape index (κ3) is 4.34. The quantitative estimate of drug-likeness (QED) is 0.323. The second-order valence-electron chi connectivity index (χ2n) is 7.50. The second-order valence-corrected chi connectivity index (χ2v) is 9.22. The van der Waals surface area contributed by atoms with Crippen molar-refractivity contribution < 1.29 is 18.0 Å². The molecule has 168 valence electrons. The number of hydrogen-bond acceptors (Lipinski definition) is 8. The zero-order chi connectivity index (χ0) is 22.9. The van der Waals surface area contributed by atoms with Crippen LogP contribution >= 0.6 is 23.4 Å². The molecule has 33 heavy (non-hydrogen) atoms. The Morgan fingerprint density at radius 2 is 1.97 bits per heavy atom. The zero-order valence-electron chi connectivity index (χ0n) is 17.8. The smallest absolute Gasteiger partial charge is 0.277 e. The van der Waals surface area contributed by atoms with Crippen molar-refractivity contribution in [2.45, 2.75) is 36.8 Å². The molecule has 0 saturated carbocycles. The number of hydrazone groups is 1. The van der Waals surface area contributed by atoms with E-state index in [0.717, 1.165) is 16.8 Å². The van der Waals surface area contributed by atoms with E-state index >= 15 is 0 Å². The van der Waals surface area contributed by atoms with Gasteiger partial charge in [-0.15, -0.1) is 10.2 Å². The van der Waals surface area contributed by atoms with Crippen LogP contribution in [0.3, 0.4) is 0 Å². The average Bonchev–Trinajstić information content (AvgIpc) is 3.60. The van der Waals surface area contributed by atoms with Gasteiger partial charge in [0.1, 0.15) is 17.6 Å². The lowest BCUT2D eigenvalue weighted by Crippen LogP contribution is -2.33. The number of rotatable bonds is 6. The Labute approximate surface area is 198 Å². The summed E-state index contributed by atoms with van der Waals surface area (Å²) >= 11 is 7.20. The van der Waals surface area contributed by atoms with E-state index in [1.54, 1.807) is 43.7 Å². The predicted molar refractivity (Wildman–Crippen MR) is 123 cm³/mol. The van der Waals surface area contributed by atoms with Crippen LogP contribution in [0.2, 0.25) is 5.02 Å². The van der Waals surface area contributed by atoms with E-state index in [-0.39, 0.29) is 11.9 Å². The van der Waals surface area contributed by atoms with Crippen LogP contribution in [-0.2, 0) is 4.79 Å². The lowest BCUT2D eigenvalue weighted by Gasteiger charge is -2.22. The molecule has 1 aliphatic heterocycles. The maximum atomic E-state index is 13.4. The first-order chi connectivity index (χ1) is 16.0. The Kier molecular flexibility index (Phi) is 5.82. The maximum absolute atomic E-state index is 13.4. The van der Waals surface area contributed by atoms with Crippen LogP contribution in [0.15, 0.2) is 78.6 Å². The molecule has 10 heteroatoms. The number of carbonyl (C=O) groups is 1. The molecule has 3 aromatic heterocycles. The molecule has 2 unspecified atom stereocenters. The molecule has 1 amide bonds. The van der Waals surface area contributed by atoms with Gasteiger partial charge in [-0.2, -0.15) is 5.10 Å². The first-order valence-electron chi connectivity index (χ1n) is 10.2. The number of hydrogen-bond donors (Lipinski definition) is 0. The van der Waals surface area contributed by atoms with Crippen LogP contribution in [0, 0.1) is 6.92 Å². The zero-order valence-corrected chi connectivity index (χ0v) is 19.3. The SMILES string of the molecule is Cc1occc1-c1nnc(SC(C)C(=O)N2N=C(c3ccc(Cl)cc3)CC2c2ccco2)o1. The van der Waals surface area contributed by atoms with Crippen molar-refractivity contribution in [3.63, 3.8) is 0 Å². The van der Waals surface area contributed by atoms with E-state index in [1.165, 1.54) is 16.8 Å². The average molecular weight is 483 g/mol. The highest BCUT2D eigenvalue weighted by molar-refractivity contribution is 8.00. The minimum atomic E-state index is -0.519. The summed E-state index contributed by atoms with van der Waals surface area (Å²) in [7, 11) is 0. The van der Waals surface area contributed by atoms with Gasteiger partial charge in [-0.25, -0.2) is 5.01 Å². The Morgan fingerprint density at radius 3 is 2.67 bits per heavy atom. The fraction of sp³-hybridized carbons (Fsp3) is 0.217. The topological polar surface area (TPSA) is 97.9 Å². The van der Waals surface area contributed by atoms with E-state index in [4.69, 9.17) is 24.9 Å². The fourth-order valence-electron chi connectivity index (χ4n) is 3.59. The van der Waals surface area contributed by atoms with Crippen molar-refractivity contribution in [3.8, 4) is 11.5 Å². The molecule has 1 aliphatic rings. The normalized spacial score (nSPS) is 16.8. The third-order valence-corrected chi connectivity index (χ3v) is 6.48. The minimum Gasteiger partial charge on any atom is -0.469 e. The van der Waals surface area contributed by atoms with Gasteiger partial charge in [0, 0.05) is 11.4 Å². The molecule has 0 radical (unpaired) electrons. The van der Waals surface area contributed by atoms with Crippen LogP contribution in [0.1, 0.15) is 36.5 Å². The molecule has 0 spiro atoms. The highest BCUT2D eigenvalue weighted by atomic mass is 35.5.